The molecule has 1 aliphatic rings. The topological polar surface area (TPSA) is 78.7 Å². The van der Waals surface area contributed by atoms with Gasteiger partial charge in [-0.15, -0.1) is 0 Å². The largest absolute Gasteiger partial charge is 0.416 e. The lowest BCUT2D eigenvalue weighted by atomic mass is 10.0. The summed E-state index contributed by atoms with van der Waals surface area (Å²) < 4.78 is 43.5. The summed E-state index contributed by atoms with van der Waals surface area (Å²) in [5, 5.41) is 6.98. The number of imidazole rings is 1. The Kier molecular flexibility index (Phi) is 7.56. The zero-order valence-electron chi connectivity index (χ0n) is 22.4. The van der Waals surface area contributed by atoms with E-state index in [1.807, 2.05) is 37.9 Å². The first-order valence-corrected chi connectivity index (χ1v) is 12.8. The number of carbonyl (C=O) groups excluding carboxylic acids is 1. The van der Waals surface area contributed by atoms with E-state index in [1.54, 1.807) is 10.7 Å². The Hall–Kier alpha value is -4.27. The van der Waals surface area contributed by atoms with Crippen LogP contribution in [0.1, 0.15) is 44.1 Å². The highest BCUT2D eigenvalue weighted by Gasteiger charge is 2.34. The number of piperazine rings is 1. The number of hydrogen-bond acceptors (Lipinski definition) is 6. The van der Waals surface area contributed by atoms with Crippen molar-refractivity contribution in [3.8, 4) is 11.8 Å². The van der Waals surface area contributed by atoms with E-state index >= 15 is 0 Å². The van der Waals surface area contributed by atoms with E-state index in [0.717, 1.165) is 30.4 Å². The molecule has 4 aromatic rings. The van der Waals surface area contributed by atoms with Crippen LogP contribution in [0.25, 0.3) is 5.65 Å². The van der Waals surface area contributed by atoms with E-state index in [1.165, 1.54) is 24.4 Å². The van der Waals surface area contributed by atoms with Crippen LogP contribution in [0, 0.1) is 25.7 Å². The predicted octanol–water partition coefficient (Wildman–Crippen LogP) is 4.16. The third-order valence-electron chi connectivity index (χ3n) is 6.82. The van der Waals surface area contributed by atoms with Gasteiger partial charge in [0.05, 0.1) is 17.5 Å². The summed E-state index contributed by atoms with van der Waals surface area (Å²) in [7, 11) is 1.99. The molecule has 1 fully saturated rings. The molecule has 206 valence electrons. The molecule has 4 heterocycles. The first-order chi connectivity index (χ1) is 19.1. The van der Waals surface area contributed by atoms with E-state index in [0.29, 0.717) is 30.0 Å². The smallest absolute Gasteiger partial charge is 0.321 e. The second-order valence-corrected chi connectivity index (χ2v) is 9.93. The van der Waals surface area contributed by atoms with Gasteiger partial charge in [0.25, 0.3) is 5.91 Å². The standard InChI is InChI=1S/C29H28F3N7O/c1-19-16-33-26(14-21(19)6-8-24-17-34-27-9-4-20(2)36-39(24)27)28(40)35-23-7-5-22(25(15-23)29(30,31)32)18-38-12-10-37(3)11-13-38/h4-5,7,9,14-17H,10-13,18H2,1-3H3,(H,35,40). The summed E-state index contributed by atoms with van der Waals surface area (Å²) in [6, 6.07) is 9.13. The Balaban J connectivity index is 1.35. The molecule has 1 N–H and O–H groups in total. The first-order valence-electron chi connectivity index (χ1n) is 12.8. The predicted molar refractivity (Wildman–Crippen MR) is 145 cm³/mol. The molecule has 0 aliphatic carbocycles. The van der Waals surface area contributed by atoms with Gasteiger partial charge in [0.2, 0.25) is 0 Å². The number of hydrogen-bond donors (Lipinski definition) is 1. The Morgan fingerprint density at radius 3 is 2.52 bits per heavy atom. The lowest BCUT2D eigenvalue weighted by Crippen LogP contribution is -2.44. The van der Waals surface area contributed by atoms with E-state index in [9.17, 15) is 18.0 Å². The van der Waals surface area contributed by atoms with Gasteiger partial charge in [-0.1, -0.05) is 12.0 Å². The molecule has 5 rings (SSSR count). The molecule has 1 aromatic carbocycles. The SMILES string of the molecule is Cc1ccc2ncc(C#Cc3cc(C(=O)Nc4ccc(CN5CCN(C)CC5)c(C(F)(F)F)c4)ncc3C)n2n1. The molecule has 1 aliphatic heterocycles. The fourth-order valence-corrected chi connectivity index (χ4v) is 4.46. The van der Waals surface area contributed by atoms with Crippen molar-refractivity contribution in [3.63, 3.8) is 0 Å². The average Bonchev–Trinajstić information content (AvgIpc) is 3.31. The number of anilines is 1. The molecule has 3 aromatic heterocycles. The molecular formula is C29H28F3N7O. The quantitative estimate of drug-likeness (QED) is 0.387. The van der Waals surface area contributed by atoms with E-state index in [-0.39, 0.29) is 23.5 Å². The number of rotatable bonds is 4. The van der Waals surface area contributed by atoms with Gasteiger partial charge in [-0.05, 0) is 68.3 Å². The minimum absolute atomic E-state index is 0.0390. The third kappa shape index (κ3) is 6.14. The molecule has 0 saturated carbocycles. The van der Waals surface area contributed by atoms with Gasteiger partial charge in [-0.2, -0.15) is 18.3 Å². The Labute approximate surface area is 229 Å². The molecule has 0 bridgehead atoms. The lowest BCUT2D eigenvalue weighted by Gasteiger charge is -2.33. The van der Waals surface area contributed by atoms with Gasteiger partial charge in [-0.25, -0.2) is 9.50 Å². The number of nitrogens with zero attached hydrogens (tertiary/aromatic N) is 6. The maximum atomic E-state index is 13.9. The van der Waals surface area contributed by atoms with Gasteiger partial charge < -0.3 is 10.2 Å². The number of benzene rings is 1. The van der Waals surface area contributed by atoms with Crippen molar-refractivity contribution in [2.24, 2.45) is 0 Å². The average molecular weight is 548 g/mol. The van der Waals surface area contributed by atoms with Crippen molar-refractivity contribution in [1.29, 1.82) is 0 Å². The fraction of sp³-hybridized carbons (Fsp3) is 0.310. The summed E-state index contributed by atoms with van der Waals surface area (Å²) in [6.45, 7) is 6.88. The van der Waals surface area contributed by atoms with Gasteiger partial charge in [0, 0.05) is 50.2 Å². The number of likely N-dealkylation sites (N-methyl/N-ethyl adjacent to an activating group) is 1. The summed E-state index contributed by atoms with van der Waals surface area (Å²) >= 11 is 0. The first kappa shape index (κ1) is 27.3. The van der Waals surface area contributed by atoms with E-state index in [2.05, 4.69) is 37.1 Å². The molecule has 1 amide bonds. The minimum atomic E-state index is -4.56. The highest BCUT2D eigenvalue weighted by atomic mass is 19.4. The highest BCUT2D eigenvalue weighted by Crippen LogP contribution is 2.34. The van der Waals surface area contributed by atoms with Gasteiger partial charge in [-0.3, -0.25) is 14.7 Å². The van der Waals surface area contributed by atoms with Crippen molar-refractivity contribution in [2.75, 3.05) is 38.5 Å². The number of amides is 1. The lowest BCUT2D eigenvalue weighted by molar-refractivity contribution is -0.138. The number of halogens is 3. The van der Waals surface area contributed by atoms with Crippen molar-refractivity contribution < 1.29 is 18.0 Å². The summed E-state index contributed by atoms with van der Waals surface area (Å²) in [5.74, 6) is 5.44. The molecule has 0 radical (unpaired) electrons. The molecule has 11 heteroatoms. The number of carbonyl (C=O) groups is 1. The van der Waals surface area contributed by atoms with E-state index in [4.69, 9.17) is 0 Å². The second kappa shape index (κ2) is 11.1. The monoisotopic (exact) mass is 547 g/mol. The van der Waals surface area contributed by atoms with Crippen molar-refractivity contribution >= 4 is 17.2 Å². The zero-order valence-corrected chi connectivity index (χ0v) is 22.4. The number of aryl methyl sites for hydroxylation is 2. The van der Waals surface area contributed by atoms with Crippen molar-refractivity contribution in [1.82, 2.24) is 29.4 Å². The van der Waals surface area contributed by atoms with Crippen LogP contribution < -0.4 is 5.32 Å². The van der Waals surface area contributed by atoms with Crippen LogP contribution >= 0.6 is 0 Å². The minimum Gasteiger partial charge on any atom is -0.321 e. The number of alkyl halides is 3. The van der Waals surface area contributed by atoms with Crippen LogP contribution in [0.4, 0.5) is 18.9 Å². The maximum Gasteiger partial charge on any atom is 0.416 e. The molecule has 1 saturated heterocycles. The maximum absolute atomic E-state index is 13.9. The molecule has 8 nitrogen and oxygen atoms in total. The van der Waals surface area contributed by atoms with Crippen LogP contribution in [0.3, 0.4) is 0 Å². The van der Waals surface area contributed by atoms with Crippen LogP contribution in [0.2, 0.25) is 0 Å². The van der Waals surface area contributed by atoms with Crippen molar-refractivity contribution in [2.45, 2.75) is 26.6 Å². The normalized spacial score (nSPS) is 14.7. The van der Waals surface area contributed by atoms with Crippen molar-refractivity contribution in [3.05, 3.63) is 88.1 Å². The highest BCUT2D eigenvalue weighted by molar-refractivity contribution is 6.03. The number of nitrogens with one attached hydrogen (secondary N) is 1. The Morgan fingerprint density at radius 2 is 1.77 bits per heavy atom. The molecule has 40 heavy (non-hydrogen) atoms. The van der Waals surface area contributed by atoms with Crippen LogP contribution in [-0.4, -0.2) is 68.5 Å². The zero-order chi connectivity index (χ0) is 28.4. The number of aromatic nitrogens is 4. The van der Waals surface area contributed by atoms with Crippen LogP contribution in [0.5, 0.6) is 0 Å². The molecule has 0 atom stereocenters. The summed E-state index contributed by atoms with van der Waals surface area (Å²) in [5.41, 5.74) is 2.86. The van der Waals surface area contributed by atoms with Crippen LogP contribution in [-0.2, 0) is 12.7 Å². The van der Waals surface area contributed by atoms with Gasteiger partial charge in [0.15, 0.2) is 5.65 Å². The van der Waals surface area contributed by atoms with Gasteiger partial charge >= 0.3 is 6.18 Å². The Bertz CT molecular complexity index is 1630. The summed E-state index contributed by atoms with van der Waals surface area (Å²) in [6.07, 6.45) is -1.43. The van der Waals surface area contributed by atoms with E-state index < -0.39 is 17.6 Å². The second-order valence-electron chi connectivity index (χ2n) is 9.93. The Morgan fingerprint density at radius 1 is 1.00 bits per heavy atom. The molecule has 0 unspecified atom stereocenters. The number of fused-ring (bicyclic) bond motifs is 1. The third-order valence-corrected chi connectivity index (χ3v) is 6.82. The molecular weight excluding hydrogens is 519 g/mol. The number of pyridine rings is 1. The van der Waals surface area contributed by atoms with Crippen LogP contribution in [0.15, 0.2) is 48.8 Å². The molecule has 0 spiro atoms. The summed E-state index contributed by atoms with van der Waals surface area (Å²) in [4.78, 5) is 25.6. The fourth-order valence-electron chi connectivity index (χ4n) is 4.46. The van der Waals surface area contributed by atoms with Gasteiger partial charge in [0.1, 0.15) is 11.4 Å².